The summed E-state index contributed by atoms with van der Waals surface area (Å²) in [7, 11) is 0. The summed E-state index contributed by atoms with van der Waals surface area (Å²) in [6.07, 6.45) is 3.03. The number of carbonyl (C=O) groups excluding carboxylic acids is 1. The van der Waals surface area contributed by atoms with Crippen LogP contribution in [0.1, 0.15) is 5.56 Å². The Balaban J connectivity index is 1.89. The maximum Gasteiger partial charge on any atom is 0.245 e. The third-order valence-corrected chi connectivity index (χ3v) is 5.46. The molecule has 0 fully saturated rings. The number of hydrogen-bond donors (Lipinski definition) is 0. The Morgan fingerprint density at radius 1 is 0.704 bits per heavy atom. The van der Waals surface area contributed by atoms with Gasteiger partial charge in [0.05, 0.1) is 10.0 Å². The number of hydrogen-bond acceptors (Lipinski definition) is 1. The van der Waals surface area contributed by atoms with E-state index in [1.807, 2.05) is 66.7 Å². The van der Waals surface area contributed by atoms with Crippen LogP contribution in [-0.4, -0.2) is 5.24 Å². The number of rotatable bonds is 3. The molecule has 4 rings (SSSR count). The van der Waals surface area contributed by atoms with Crippen LogP contribution in [0.4, 0.5) is 0 Å². The number of halogens is 3. The fourth-order valence-electron chi connectivity index (χ4n) is 3.24. The molecule has 0 unspecified atom stereocenters. The minimum Gasteiger partial charge on any atom is -0.276 e. The zero-order valence-electron chi connectivity index (χ0n) is 14.0. The molecule has 0 saturated heterocycles. The van der Waals surface area contributed by atoms with Gasteiger partial charge < -0.3 is 0 Å². The molecule has 0 radical (unpaired) electrons. The molecular weight excluding hydrogens is 399 g/mol. The molecule has 27 heavy (non-hydrogen) atoms. The highest BCUT2D eigenvalue weighted by Gasteiger charge is 2.12. The minimum atomic E-state index is -0.501. The van der Waals surface area contributed by atoms with E-state index in [1.54, 1.807) is 6.08 Å². The smallest absolute Gasteiger partial charge is 0.245 e. The van der Waals surface area contributed by atoms with Crippen LogP contribution in [0.15, 0.2) is 72.8 Å². The van der Waals surface area contributed by atoms with Crippen LogP contribution < -0.4 is 0 Å². The Morgan fingerprint density at radius 2 is 1.33 bits per heavy atom. The number of allylic oxidation sites excluding steroid dienone is 1. The topological polar surface area (TPSA) is 17.1 Å². The first-order valence-electron chi connectivity index (χ1n) is 8.32. The molecule has 0 aliphatic rings. The highest BCUT2D eigenvalue weighted by Crippen LogP contribution is 2.40. The van der Waals surface area contributed by atoms with E-state index in [2.05, 4.69) is 0 Å². The van der Waals surface area contributed by atoms with Crippen LogP contribution in [0.5, 0.6) is 0 Å². The molecule has 0 bridgehead atoms. The predicted molar refractivity (Wildman–Crippen MR) is 117 cm³/mol. The number of fused-ring (bicyclic) bond motifs is 2. The summed E-state index contributed by atoms with van der Waals surface area (Å²) >= 11 is 18.7. The zero-order valence-corrected chi connectivity index (χ0v) is 16.3. The van der Waals surface area contributed by atoms with Gasteiger partial charge in [-0.3, -0.25) is 4.79 Å². The first-order chi connectivity index (χ1) is 13.0. The van der Waals surface area contributed by atoms with E-state index in [9.17, 15) is 4.79 Å². The molecule has 0 aromatic heterocycles. The Morgan fingerprint density at radius 3 is 2.04 bits per heavy atom. The summed E-state index contributed by atoms with van der Waals surface area (Å²) in [5.74, 6) is 0. The van der Waals surface area contributed by atoms with Gasteiger partial charge in [-0.05, 0) is 46.5 Å². The van der Waals surface area contributed by atoms with Gasteiger partial charge in [0.15, 0.2) is 0 Å². The lowest BCUT2D eigenvalue weighted by molar-refractivity contribution is -0.107. The van der Waals surface area contributed by atoms with Crippen LogP contribution in [0.2, 0.25) is 10.0 Å². The molecule has 0 N–H and O–H groups in total. The van der Waals surface area contributed by atoms with Crippen LogP contribution in [-0.2, 0) is 4.79 Å². The second-order valence-corrected chi connectivity index (χ2v) is 7.33. The lowest BCUT2D eigenvalue weighted by Crippen LogP contribution is -1.85. The van der Waals surface area contributed by atoms with E-state index >= 15 is 0 Å². The molecule has 0 amide bonds. The second-order valence-electron chi connectivity index (χ2n) is 6.20. The van der Waals surface area contributed by atoms with Crippen LogP contribution in [0, 0.1) is 0 Å². The molecule has 132 valence electrons. The Labute approximate surface area is 171 Å². The summed E-state index contributed by atoms with van der Waals surface area (Å²) in [5.41, 5.74) is 2.92. The van der Waals surface area contributed by atoms with Crippen molar-refractivity contribution in [3.8, 4) is 11.1 Å². The van der Waals surface area contributed by atoms with Crippen molar-refractivity contribution in [1.29, 1.82) is 0 Å². The molecular formula is C23H13Cl3O. The summed E-state index contributed by atoms with van der Waals surface area (Å²) in [6, 6.07) is 21.8. The fraction of sp³-hybridized carbons (Fsp3) is 0. The van der Waals surface area contributed by atoms with Gasteiger partial charge in [-0.2, -0.15) is 0 Å². The van der Waals surface area contributed by atoms with Crippen molar-refractivity contribution in [3.05, 3.63) is 88.4 Å². The molecule has 4 aromatic carbocycles. The molecule has 0 saturated carbocycles. The van der Waals surface area contributed by atoms with E-state index in [-0.39, 0.29) is 0 Å². The van der Waals surface area contributed by atoms with E-state index in [0.717, 1.165) is 38.2 Å². The normalized spacial score (nSPS) is 11.5. The summed E-state index contributed by atoms with van der Waals surface area (Å²) < 4.78 is 0. The Hall–Kier alpha value is -2.32. The van der Waals surface area contributed by atoms with Crippen molar-refractivity contribution in [1.82, 2.24) is 0 Å². The quantitative estimate of drug-likeness (QED) is 0.191. The van der Waals surface area contributed by atoms with Crippen molar-refractivity contribution in [2.24, 2.45) is 0 Å². The monoisotopic (exact) mass is 410 g/mol. The molecule has 0 atom stereocenters. The first-order valence-corrected chi connectivity index (χ1v) is 9.45. The van der Waals surface area contributed by atoms with Gasteiger partial charge in [0.25, 0.3) is 0 Å². The average molecular weight is 412 g/mol. The van der Waals surface area contributed by atoms with Gasteiger partial charge in [0.1, 0.15) is 0 Å². The standard InChI is InChI=1S/C23H13Cl3O/c24-21(27)11-8-14-4-3-5-15(12-14)16-9-10-19-20(13-16)23(26)18-7-2-1-6-17(18)22(19)25/h1-13H/b11-8+. The number of benzene rings is 4. The van der Waals surface area contributed by atoms with Crippen molar-refractivity contribution in [2.75, 3.05) is 0 Å². The summed E-state index contributed by atoms with van der Waals surface area (Å²) in [5, 5.41) is 4.61. The minimum absolute atomic E-state index is 0.501. The van der Waals surface area contributed by atoms with Gasteiger partial charge in [-0.25, -0.2) is 0 Å². The van der Waals surface area contributed by atoms with Crippen molar-refractivity contribution in [2.45, 2.75) is 0 Å². The van der Waals surface area contributed by atoms with Crippen LogP contribution in [0.3, 0.4) is 0 Å². The maximum absolute atomic E-state index is 10.9. The van der Waals surface area contributed by atoms with Crippen LogP contribution >= 0.6 is 34.8 Å². The fourth-order valence-corrected chi connectivity index (χ4v) is 3.95. The Bertz CT molecular complexity index is 1230. The average Bonchev–Trinajstić information content (AvgIpc) is 2.70. The highest BCUT2D eigenvalue weighted by molar-refractivity contribution is 6.66. The molecule has 4 heteroatoms. The van der Waals surface area contributed by atoms with E-state index in [1.165, 1.54) is 6.08 Å². The lowest BCUT2D eigenvalue weighted by Gasteiger charge is -2.11. The second kappa shape index (κ2) is 7.36. The highest BCUT2D eigenvalue weighted by atomic mass is 35.5. The lowest BCUT2D eigenvalue weighted by atomic mass is 9.97. The first kappa shape index (κ1) is 18.1. The zero-order chi connectivity index (χ0) is 19.0. The van der Waals surface area contributed by atoms with Gasteiger partial charge in [-0.15, -0.1) is 0 Å². The van der Waals surface area contributed by atoms with Crippen LogP contribution in [0.25, 0.3) is 38.7 Å². The van der Waals surface area contributed by atoms with Crippen molar-refractivity contribution in [3.63, 3.8) is 0 Å². The van der Waals surface area contributed by atoms with Gasteiger partial charge in [0, 0.05) is 21.5 Å². The van der Waals surface area contributed by atoms with E-state index in [0.29, 0.717) is 10.0 Å². The molecule has 0 aliphatic heterocycles. The van der Waals surface area contributed by atoms with Gasteiger partial charge in [-0.1, -0.05) is 83.9 Å². The van der Waals surface area contributed by atoms with Gasteiger partial charge in [0.2, 0.25) is 5.24 Å². The third-order valence-electron chi connectivity index (χ3n) is 4.52. The Kier molecular flexibility index (Phi) is 4.92. The molecule has 0 aliphatic carbocycles. The third kappa shape index (κ3) is 3.46. The number of carbonyl (C=O) groups is 1. The van der Waals surface area contributed by atoms with E-state index in [4.69, 9.17) is 34.8 Å². The molecule has 1 nitrogen and oxygen atoms in total. The van der Waals surface area contributed by atoms with Crippen molar-refractivity contribution >= 4 is 67.7 Å². The van der Waals surface area contributed by atoms with Crippen molar-refractivity contribution < 1.29 is 4.79 Å². The largest absolute Gasteiger partial charge is 0.276 e. The molecule has 0 heterocycles. The summed E-state index contributed by atoms with van der Waals surface area (Å²) in [6.45, 7) is 0. The van der Waals surface area contributed by atoms with Gasteiger partial charge >= 0.3 is 0 Å². The molecule has 4 aromatic rings. The maximum atomic E-state index is 10.9. The predicted octanol–water partition coefficient (Wildman–Crippen LogP) is 7.75. The molecule has 0 spiro atoms. The SMILES string of the molecule is O=C(Cl)/C=C/c1cccc(-c2ccc3c(Cl)c4ccccc4c(Cl)c3c2)c1. The van der Waals surface area contributed by atoms with E-state index < -0.39 is 5.24 Å². The summed E-state index contributed by atoms with van der Waals surface area (Å²) in [4.78, 5) is 10.9.